The highest BCUT2D eigenvalue weighted by Gasteiger charge is 2.18. The third-order valence-electron chi connectivity index (χ3n) is 6.11. The van der Waals surface area contributed by atoms with Crippen LogP contribution in [-0.4, -0.2) is 57.3 Å². The molecular weight excluding hydrogens is 416 g/mol. The maximum Gasteiger partial charge on any atom is 0.153 e. The molecule has 0 amide bonds. The molecule has 5 rings (SSSR count). The van der Waals surface area contributed by atoms with E-state index in [1.54, 1.807) is 20.5 Å². The zero-order valence-corrected chi connectivity index (χ0v) is 19.2. The molecule has 1 saturated heterocycles. The van der Waals surface area contributed by atoms with Gasteiger partial charge >= 0.3 is 0 Å². The highest BCUT2D eigenvalue weighted by molar-refractivity contribution is 5.92. The second kappa shape index (κ2) is 9.03. The monoisotopic (exact) mass is 444 g/mol. The number of furan rings is 1. The summed E-state index contributed by atoms with van der Waals surface area (Å²) in [5.74, 6) is 2.41. The van der Waals surface area contributed by atoms with Crippen LogP contribution in [0.2, 0.25) is 0 Å². The minimum atomic E-state index is 0.744. The van der Waals surface area contributed by atoms with Crippen molar-refractivity contribution in [3.63, 3.8) is 0 Å². The van der Waals surface area contributed by atoms with Crippen LogP contribution in [0, 0.1) is 0 Å². The van der Waals surface area contributed by atoms with Crippen LogP contribution >= 0.6 is 0 Å². The number of benzene rings is 2. The molecule has 0 spiro atoms. The molecule has 0 radical (unpaired) electrons. The summed E-state index contributed by atoms with van der Waals surface area (Å²) in [5.41, 5.74) is 5.57. The van der Waals surface area contributed by atoms with Gasteiger partial charge in [-0.3, -0.25) is 0 Å². The van der Waals surface area contributed by atoms with Crippen molar-refractivity contribution in [2.24, 2.45) is 0 Å². The van der Waals surface area contributed by atoms with Crippen LogP contribution in [0.3, 0.4) is 0 Å². The molecule has 0 atom stereocenters. The predicted molar refractivity (Wildman–Crippen MR) is 132 cm³/mol. The summed E-state index contributed by atoms with van der Waals surface area (Å²) in [6, 6.07) is 18.0. The molecule has 2 aromatic heterocycles. The second-order valence-corrected chi connectivity index (χ2v) is 8.22. The molecule has 0 unspecified atom stereocenters. The number of nitrogens with zero attached hydrogens (tertiary/aromatic N) is 3. The van der Waals surface area contributed by atoms with Crippen molar-refractivity contribution in [1.82, 2.24) is 9.88 Å². The minimum absolute atomic E-state index is 0.744. The van der Waals surface area contributed by atoms with Crippen LogP contribution in [0.1, 0.15) is 0 Å². The fraction of sp³-hybridized carbons (Fsp3) is 0.269. The molecule has 0 saturated carbocycles. The Balaban J connectivity index is 1.40. The molecule has 1 fully saturated rings. The Bertz CT molecular complexity index is 1240. The fourth-order valence-corrected chi connectivity index (χ4v) is 4.17. The molecule has 3 heterocycles. The molecule has 1 N–H and O–H groups in total. The number of methoxy groups -OCH3 is 2. The van der Waals surface area contributed by atoms with Crippen molar-refractivity contribution in [2.45, 2.75) is 0 Å². The van der Waals surface area contributed by atoms with Crippen LogP contribution in [0.4, 0.5) is 17.2 Å². The number of pyridine rings is 1. The molecule has 7 heteroatoms. The number of ether oxygens (including phenoxy) is 2. The first-order valence-corrected chi connectivity index (χ1v) is 11.1. The highest BCUT2D eigenvalue weighted by Crippen LogP contribution is 2.34. The summed E-state index contributed by atoms with van der Waals surface area (Å²) < 4.78 is 16.7. The van der Waals surface area contributed by atoms with Crippen LogP contribution in [-0.2, 0) is 0 Å². The van der Waals surface area contributed by atoms with Gasteiger partial charge in [-0.15, -0.1) is 0 Å². The molecule has 2 aromatic carbocycles. The lowest BCUT2D eigenvalue weighted by Gasteiger charge is -2.34. The molecular formula is C26H28N4O3. The number of hydrogen-bond acceptors (Lipinski definition) is 7. The van der Waals surface area contributed by atoms with Gasteiger partial charge in [0.05, 0.1) is 19.9 Å². The van der Waals surface area contributed by atoms with E-state index in [1.165, 1.54) is 0 Å². The molecule has 1 aliphatic rings. The first-order chi connectivity index (χ1) is 16.1. The zero-order chi connectivity index (χ0) is 22.8. The fourth-order valence-electron chi connectivity index (χ4n) is 4.17. The van der Waals surface area contributed by atoms with E-state index in [-0.39, 0.29) is 0 Å². The number of likely N-dealkylation sites (N-methyl/N-ethyl adjacent to an activating group) is 1. The molecule has 7 nitrogen and oxygen atoms in total. The van der Waals surface area contributed by atoms with E-state index < -0.39 is 0 Å². The standard InChI is InChI=1S/C26H28N4O3/c1-29-12-14-30(15-13-29)22-9-6-19(16-24(22)32-3)27-25-11-10-23-26(28-25)21(17-33-23)18-4-7-20(31-2)8-5-18/h4-11,16-17H,12-15H2,1-3H3,(H,27,28). The summed E-state index contributed by atoms with van der Waals surface area (Å²) >= 11 is 0. The van der Waals surface area contributed by atoms with E-state index in [0.717, 1.165) is 77.1 Å². The molecule has 1 aliphatic heterocycles. The molecule has 170 valence electrons. The normalized spacial score (nSPS) is 14.5. The quantitative estimate of drug-likeness (QED) is 0.449. The van der Waals surface area contributed by atoms with Gasteiger partial charge in [-0.05, 0) is 49.0 Å². The predicted octanol–water partition coefficient (Wildman–Crippen LogP) is 5.01. The average molecular weight is 445 g/mol. The van der Waals surface area contributed by atoms with Gasteiger partial charge in [0.25, 0.3) is 0 Å². The average Bonchev–Trinajstić information content (AvgIpc) is 3.28. The van der Waals surface area contributed by atoms with Crippen molar-refractivity contribution >= 4 is 28.3 Å². The maximum absolute atomic E-state index is 5.74. The Morgan fingerprint density at radius 1 is 0.909 bits per heavy atom. The van der Waals surface area contributed by atoms with Crippen molar-refractivity contribution in [3.05, 3.63) is 60.9 Å². The Labute approximate surface area is 193 Å². The summed E-state index contributed by atoms with van der Waals surface area (Å²) in [6.45, 7) is 4.08. The van der Waals surface area contributed by atoms with E-state index in [0.29, 0.717) is 0 Å². The third kappa shape index (κ3) is 4.32. The van der Waals surface area contributed by atoms with Gasteiger partial charge in [-0.2, -0.15) is 0 Å². The van der Waals surface area contributed by atoms with Crippen LogP contribution in [0.15, 0.2) is 65.3 Å². The summed E-state index contributed by atoms with van der Waals surface area (Å²) in [4.78, 5) is 9.55. The van der Waals surface area contributed by atoms with E-state index in [4.69, 9.17) is 18.9 Å². The Hall–Kier alpha value is -3.71. The maximum atomic E-state index is 5.74. The molecule has 0 aliphatic carbocycles. The van der Waals surface area contributed by atoms with E-state index in [2.05, 4.69) is 34.3 Å². The highest BCUT2D eigenvalue weighted by atomic mass is 16.5. The van der Waals surface area contributed by atoms with Gasteiger partial charge in [0, 0.05) is 43.5 Å². The number of fused-ring (bicyclic) bond motifs is 1. The van der Waals surface area contributed by atoms with Gasteiger partial charge in [0.1, 0.15) is 29.1 Å². The summed E-state index contributed by atoms with van der Waals surface area (Å²) in [5, 5.41) is 3.42. The smallest absolute Gasteiger partial charge is 0.153 e. The van der Waals surface area contributed by atoms with Crippen LogP contribution in [0.25, 0.3) is 22.2 Å². The van der Waals surface area contributed by atoms with E-state index in [1.807, 2.05) is 42.5 Å². The zero-order valence-electron chi connectivity index (χ0n) is 19.2. The first kappa shape index (κ1) is 21.2. The minimum Gasteiger partial charge on any atom is -0.497 e. The van der Waals surface area contributed by atoms with E-state index in [9.17, 15) is 0 Å². The lowest BCUT2D eigenvalue weighted by atomic mass is 10.1. The molecule has 4 aromatic rings. The Morgan fingerprint density at radius 2 is 1.70 bits per heavy atom. The number of anilines is 3. The van der Waals surface area contributed by atoms with Gasteiger partial charge in [0.15, 0.2) is 5.58 Å². The van der Waals surface area contributed by atoms with Crippen molar-refractivity contribution < 1.29 is 13.9 Å². The van der Waals surface area contributed by atoms with Gasteiger partial charge in [-0.25, -0.2) is 4.98 Å². The number of rotatable bonds is 6. The van der Waals surface area contributed by atoms with Gasteiger partial charge in [0.2, 0.25) is 0 Å². The SMILES string of the molecule is COc1ccc(-c2coc3ccc(Nc4ccc(N5CCN(C)CC5)c(OC)c4)nc23)cc1. The first-order valence-electron chi connectivity index (χ1n) is 11.1. The van der Waals surface area contributed by atoms with Crippen molar-refractivity contribution in [2.75, 3.05) is 57.7 Å². The topological polar surface area (TPSA) is 63.0 Å². The van der Waals surface area contributed by atoms with Gasteiger partial charge in [-0.1, -0.05) is 12.1 Å². The summed E-state index contributed by atoms with van der Waals surface area (Å²) in [7, 11) is 5.54. The Kier molecular flexibility index (Phi) is 5.79. The lowest BCUT2D eigenvalue weighted by Crippen LogP contribution is -2.44. The Morgan fingerprint density at radius 3 is 2.42 bits per heavy atom. The number of aromatic nitrogens is 1. The second-order valence-electron chi connectivity index (χ2n) is 8.22. The molecule has 0 bridgehead atoms. The lowest BCUT2D eigenvalue weighted by molar-refractivity contribution is 0.311. The largest absolute Gasteiger partial charge is 0.497 e. The number of nitrogens with one attached hydrogen (secondary N) is 1. The third-order valence-corrected chi connectivity index (χ3v) is 6.11. The van der Waals surface area contributed by atoms with Crippen LogP contribution < -0.4 is 19.7 Å². The number of piperazine rings is 1. The number of hydrogen-bond donors (Lipinski definition) is 1. The van der Waals surface area contributed by atoms with Crippen LogP contribution in [0.5, 0.6) is 11.5 Å². The molecule has 33 heavy (non-hydrogen) atoms. The van der Waals surface area contributed by atoms with Crippen molar-refractivity contribution in [3.8, 4) is 22.6 Å². The van der Waals surface area contributed by atoms with Gasteiger partial charge < -0.3 is 29.0 Å². The summed E-state index contributed by atoms with van der Waals surface area (Å²) in [6.07, 6.45) is 1.75. The van der Waals surface area contributed by atoms with Crippen molar-refractivity contribution in [1.29, 1.82) is 0 Å². The van der Waals surface area contributed by atoms with E-state index >= 15 is 0 Å².